The van der Waals surface area contributed by atoms with Gasteiger partial charge in [0.1, 0.15) is 5.82 Å². The molecule has 0 saturated heterocycles. The number of hydrogen-bond donors (Lipinski definition) is 1. The van der Waals surface area contributed by atoms with Gasteiger partial charge in [0.05, 0.1) is 6.42 Å². The predicted molar refractivity (Wildman–Crippen MR) is 116 cm³/mol. The zero-order chi connectivity index (χ0) is 20.1. The number of aromatic nitrogens is 2. The summed E-state index contributed by atoms with van der Waals surface area (Å²) in [6.45, 7) is 5.85. The molecule has 0 spiro atoms. The maximum Gasteiger partial charge on any atom is 0.226 e. The molecule has 1 amide bonds. The molecular formula is C22H24N4OS. The van der Waals surface area contributed by atoms with Gasteiger partial charge in [-0.2, -0.15) is 11.3 Å². The quantitative estimate of drug-likeness (QED) is 0.596. The summed E-state index contributed by atoms with van der Waals surface area (Å²) < 4.78 is 0. The van der Waals surface area contributed by atoms with Crippen molar-refractivity contribution in [2.75, 3.05) is 19.4 Å². The molecule has 0 unspecified atom stereocenters. The van der Waals surface area contributed by atoms with Crippen molar-refractivity contribution in [2.45, 2.75) is 19.8 Å². The first kappa shape index (κ1) is 19.8. The number of nitrogens with one attached hydrogen (secondary N) is 1. The van der Waals surface area contributed by atoms with Crippen LogP contribution in [0.25, 0.3) is 11.4 Å². The fourth-order valence-electron chi connectivity index (χ4n) is 2.78. The van der Waals surface area contributed by atoms with Crippen molar-refractivity contribution in [3.63, 3.8) is 0 Å². The summed E-state index contributed by atoms with van der Waals surface area (Å²) in [5.74, 6) is 1.58. The van der Waals surface area contributed by atoms with Crippen molar-refractivity contribution < 1.29 is 4.79 Å². The molecule has 0 atom stereocenters. The molecule has 144 valence electrons. The van der Waals surface area contributed by atoms with Crippen LogP contribution in [0.2, 0.25) is 0 Å². The van der Waals surface area contributed by atoms with Crippen LogP contribution in [0.1, 0.15) is 16.8 Å². The van der Waals surface area contributed by atoms with E-state index < -0.39 is 0 Å². The third-order valence-electron chi connectivity index (χ3n) is 4.41. The van der Waals surface area contributed by atoms with Crippen LogP contribution in [0.15, 0.2) is 53.7 Å². The van der Waals surface area contributed by atoms with Crippen LogP contribution in [0, 0.1) is 6.92 Å². The lowest BCUT2D eigenvalue weighted by molar-refractivity contribution is -0.127. The van der Waals surface area contributed by atoms with E-state index in [0.717, 1.165) is 33.9 Å². The molecule has 0 aliphatic carbocycles. The lowest BCUT2D eigenvalue weighted by Crippen LogP contribution is -2.23. The maximum atomic E-state index is 11.9. The molecule has 0 saturated carbocycles. The van der Waals surface area contributed by atoms with Gasteiger partial charge in [-0.25, -0.2) is 9.97 Å². The summed E-state index contributed by atoms with van der Waals surface area (Å²) >= 11 is 1.63. The second kappa shape index (κ2) is 8.80. The van der Waals surface area contributed by atoms with Gasteiger partial charge < -0.3 is 10.2 Å². The second-order valence-corrected chi connectivity index (χ2v) is 7.53. The number of nitrogens with zero attached hydrogens (tertiary/aromatic N) is 3. The van der Waals surface area contributed by atoms with Crippen molar-refractivity contribution in [3.8, 4) is 11.4 Å². The Kier molecular flexibility index (Phi) is 6.21. The van der Waals surface area contributed by atoms with E-state index in [4.69, 9.17) is 4.98 Å². The number of carbonyl (C=O) groups is 1. The fourth-order valence-corrected chi connectivity index (χ4v) is 3.42. The van der Waals surface area contributed by atoms with Gasteiger partial charge in [-0.15, -0.1) is 6.58 Å². The highest BCUT2D eigenvalue weighted by Gasteiger charge is 2.13. The molecule has 1 aromatic carbocycles. The summed E-state index contributed by atoms with van der Waals surface area (Å²) in [6.07, 6.45) is 2.94. The van der Waals surface area contributed by atoms with Gasteiger partial charge in [-0.3, -0.25) is 4.79 Å². The third kappa shape index (κ3) is 4.64. The molecule has 5 nitrogen and oxygen atoms in total. The molecule has 6 heteroatoms. The average Bonchev–Trinajstić information content (AvgIpc) is 3.20. The molecule has 28 heavy (non-hydrogen) atoms. The first-order valence-electron chi connectivity index (χ1n) is 9.05. The zero-order valence-corrected chi connectivity index (χ0v) is 17.2. The van der Waals surface area contributed by atoms with Crippen molar-refractivity contribution in [2.24, 2.45) is 0 Å². The van der Waals surface area contributed by atoms with Crippen LogP contribution in [0.5, 0.6) is 0 Å². The van der Waals surface area contributed by atoms with E-state index in [2.05, 4.69) is 16.9 Å². The largest absolute Gasteiger partial charge is 0.349 e. The van der Waals surface area contributed by atoms with Gasteiger partial charge in [-0.1, -0.05) is 18.2 Å². The van der Waals surface area contributed by atoms with Gasteiger partial charge in [0, 0.05) is 42.0 Å². The van der Waals surface area contributed by atoms with Gasteiger partial charge in [0.25, 0.3) is 0 Å². The highest BCUT2D eigenvalue weighted by Crippen LogP contribution is 2.27. The zero-order valence-electron chi connectivity index (χ0n) is 16.4. The van der Waals surface area contributed by atoms with Crippen LogP contribution in [0.3, 0.4) is 0 Å². The van der Waals surface area contributed by atoms with Gasteiger partial charge >= 0.3 is 0 Å². The summed E-state index contributed by atoms with van der Waals surface area (Å²) in [7, 11) is 3.53. The van der Waals surface area contributed by atoms with Crippen LogP contribution in [-0.4, -0.2) is 34.9 Å². The number of aryl methyl sites for hydroxylation is 1. The van der Waals surface area contributed by atoms with E-state index in [1.807, 2.05) is 54.1 Å². The Morgan fingerprint density at radius 2 is 1.96 bits per heavy atom. The van der Waals surface area contributed by atoms with Gasteiger partial charge in [0.15, 0.2) is 5.82 Å². The van der Waals surface area contributed by atoms with E-state index in [0.29, 0.717) is 18.7 Å². The Morgan fingerprint density at radius 3 is 2.57 bits per heavy atom. The minimum absolute atomic E-state index is 0.0841. The molecule has 3 rings (SSSR count). The SMILES string of the molecule is C=CCc1c(C)nc(-c2ccsc2)nc1Nc1ccc(CC(=O)N(C)C)cc1. The Morgan fingerprint density at radius 1 is 1.21 bits per heavy atom. The Labute approximate surface area is 169 Å². The molecule has 0 fully saturated rings. The summed E-state index contributed by atoms with van der Waals surface area (Å²) in [4.78, 5) is 22.9. The second-order valence-electron chi connectivity index (χ2n) is 6.75. The van der Waals surface area contributed by atoms with Crippen molar-refractivity contribution in [1.29, 1.82) is 0 Å². The monoisotopic (exact) mass is 392 g/mol. The van der Waals surface area contributed by atoms with Crippen molar-refractivity contribution >= 4 is 28.7 Å². The third-order valence-corrected chi connectivity index (χ3v) is 5.10. The molecule has 2 aromatic heterocycles. The number of carbonyl (C=O) groups excluding carboxylic acids is 1. The number of benzene rings is 1. The highest BCUT2D eigenvalue weighted by atomic mass is 32.1. The summed E-state index contributed by atoms with van der Waals surface area (Å²) in [5.41, 5.74) is 4.88. The molecule has 0 aliphatic rings. The fraction of sp³-hybridized carbons (Fsp3) is 0.227. The van der Waals surface area contributed by atoms with Crippen LogP contribution >= 0.6 is 11.3 Å². The number of hydrogen-bond acceptors (Lipinski definition) is 5. The van der Waals surface area contributed by atoms with E-state index >= 15 is 0 Å². The molecule has 0 radical (unpaired) electrons. The Balaban J connectivity index is 1.88. The number of thiophene rings is 1. The topological polar surface area (TPSA) is 58.1 Å². The number of likely N-dealkylation sites (N-methyl/N-ethyl adjacent to an activating group) is 1. The van der Waals surface area contributed by atoms with Crippen LogP contribution in [0.4, 0.5) is 11.5 Å². The number of rotatable bonds is 7. The van der Waals surface area contributed by atoms with E-state index in [9.17, 15) is 4.79 Å². The molecule has 3 aromatic rings. The average molecular weight is 393 g/mol. The molecule has 2 heterocycles. The van der Waals surface area contributed by atoms with Crippen LogP contribution < -0.4 is 5.32 Å². The first-order chi connectivity index (χ1) is 13.5. The van der Waals surface area contributed by atoms with Gasteiger partial charge in [-0.05, 0) is 42.5 Å². The van der Waals surface area contributed by atoms with E-state index in [1.165, 1.54) is 0 Å². The lowest BCUT2D eigenvalue weighted by atomic mass is 10.1. The first-order valence-corrected chi connectivity index (χ1v) is 9.99. The van der Waals surface area contributed by atoms with Crippen molar-refractivity contribution in [3.05, 3.63) is 70.6 Å². The van der Waals surface area contributed by atoms with Crippen molar-refractivity contribution in [1.82, 2.24) is 14.9 Å². The summed E-state index contributed by atoms with van der Waals surface area (Å²) in [5, 5.41) is 7.48. The number of allylic oxidation sites excluding steroid dienone is 1. The number of anilines is 2. The van der Waals surface area contributed by atoms with Gasteiger partial charge in [0.2, 0.25) is 5.91 Å². The highest BCUT2D eigenvalue weighted by molar-refractivity contribution is 7.08. The summed E-state index contributed by atoms with van der Waals surface area (Å²) in [6, 6.07) is 9.89. The maximum absolute atomic E-state index is 11.9. The van der Waals surface area contributed by atoms with E-state index in [-0.39, 0.29) is 5.91 Å². The van der Waals surface area contributed by atoms with Crippen LogP contribution in [-0.2, 0) is 17.6 Å². The number of amides is 1. The predicted octanol–water partition coefficient (Wildman–Crippen LogP) is 4.62. The minimum Gasteiger partial charge on any atom is -0.349 e. The standard InChI is InChI=1S/C22H24N4OS/c1-5-6-19-15(2)23-21(17-11-12-28-14-17)25-22(19)24-18-9-7-16(8-10-18)13-20(27)26(3)4/h5,7-12,14H,1,6,13H2,2-4H3,(H,23,24,25). The normalized spacial score (nSPS) is 10.5. The Hall–Kier alpha value is -2.99. The molecule has 0 aliphatic heterocycles. The lowest BCUT2D eigenvalue weighted by Gasteiger charge is -2.14. The Bertz CT molecular complexity index is 963. The minimum atomic E-state index is 0.0841. The molecule has 1 N–H and O–H groups in total. The molecule has 0 bridgehead atoms. The van der Waals surface area contributed by atoms with E-state index in [1.54, 1.807) is 30.3 Å². The smallest absolute Gasteiger partial charge is 0.226 e. The molecular weight excluding hydrogens is 368 g/mol.